The van der Waals surface area contributed by atoms with Crippen LogP contribution < -0.4 is 10.1 Å². The minimum Gasteiger partial charge on any atom is -0.482 e. The van der Waals surface area contributed by atoms with Gasteiger partial charge in [0.05, 0.1) is 0 Å². The number of hydrogen-bond acceptors (Lipinski definition) is 6. The van der Waals surface area contributed by atoms with Crippen molar-refractivity contribution in [3.8, 4) is 5.75 Å². The Labute approximate surface area is 196 Å². The molecule has 1 aliphatic carbocycles. The smallest absolute Gasteiger partial charge is 0.344 e. The summed E-state index contributed by atoms with van der Waals surface area (Å²) in [5.41, 5.74) is 3.38. The van der Waals surface area contributed by atoms with E-state index in [2.05, 4.69) is 5.32 Å². The summed E-state index contributed by atoms with van der Waals surface area (Å²) in [6, 6.07) is 16.8. The third-order valence-corrected chi connectivity index (χ3v) is 5.56. The Bertz CT molecular complexity index is 1330. The van der Waals surface area contributed by atoms with Crippen LogP contribution in [0.2, 0.25) is 0 Å². The lowest BCUT2D eigenvalue weighted by atomic mass is 9.84. The fraction of sp³-hybridized carbons (Fsp3) is 0.185. The fourth-order valence-electron chi connectivity index (χ4n) is 3.71. The standard InChI is InChI=1S/C27H23NO6/c1-15-8-9-16(2)23(12-15)33-14-24(29)34-17(3)27(32)28-18-10-11-21-22(13-18)26(31)20-7-5-4-6-19(20)25(21)30/h4-13,17H,14H2,1-3H3,(H,28,32). The molecule has 7 heteroatoms. The Kier molecular flexibility index (Phi) is 6.27. The van der Waals surface area contributed by atoms with Crippen LogP contribution in [0.1, 0.15) is 49.9 Å². The van der Waals surface area contributed by atoms with Crippen LogP contribution in [0, 0.1) is 13.8 Å². The minimum atomic E-state index is -1.09. The first-order valence-corrected chi connectivity index (χ1v) is 10.8. The van der Waals surface area contributed by atoms with Gasteiger partial charge in [-0.05, 0) is 56.2 Å². The van der Waals surface area contributed by atoms with E-state index in [9.17, 15) is 19.2 Å². The van der Waals surface area contributed by atoms with Gasteiger partial charge in [0.2, 0.25) is 0 Å². The topological polar surface area (TPSA) is 98.8 Å². The zero-order valence-electron chi connectivity index (χ0n) is 19.0. The second-order valence-electron chi connectivity index (χ2n) is 8.14. The summed E-state index contributed by atoms with van der Waals surface area (Å²) in [5, 5.41) is 2.63. The highest BCUT2D eigenvalue weighted by molar-refractivity contribution is 6.28. The Balaban J connectivity index is 1.39. The minimum absolute atomic E-state index is 0.216. The molecule has 0 saturated carbocycles. The van der Waals surface area contributed by atoms with Crippen molar-refractivity contribution in [1.82, 2.24) is 0 Å². The molecule has 1 unspecified atom stereocenters. The number of rotatable bonds is 6. The van der Waals surface area contributed by atoms with E-state index in [1.54, 1.807) is 24.3 Å². The average Bonchev–Trinajstić information content (AvgIpc) is 2.83. The van der Waals surface area contributed by atoms with E-state index >= 15 is 0 Å². The van der Waals surface area contributed by atoms with E-state index in [4.69, 9.17) is 9.47 Å². The molecule has 1 aliphatic rings. The van der Waals surface area contributed by atoms with Gasteiger partial charge in [0.25, 0.3) is 5.91 Å². The van der Waals surface area contributed by atoms with Crippen LogP contribution in [0.4, 0.5) is 5.69 Å². The van der Waals surface area contributed by atoms with E-state index in [1.807, 2.05) is 32.0 Å². The van der Waals surface area contributed by atoms with Gasteiger partial charge in [-0.2, -0.15) is 0 Å². The van der Waals surface area contributed by atoms with Gasteiger partial charge >= 0.3 is 5.97 Å². The summed E-state index contributed by atoms with van der Waals surface area (Å²) in [6.07, 6.45) is -1.09. The molecule has 4 rings (SSSR count). The molecule has 0 bridgehead atoms. The van der Waals surface area contributed by atoms with Crippen molar-refractivity contribution >= 4 is 29.1 Å². The van der Waals surface area contributed by atoms with E-state index in [1.165, 1.54) is 25.1 Å². The van der Waals surface area contributed by atoms with E-state index in [0.29, 0.717) is 22.6 Å². The number of anilines is 1. The van der Waals surface area contributed by atoms with Gasteiger partial charge in [-0.15, -0.1) is 0 Å². The molecular formula is C27H23NO6. The van der Waals surface area contributed by atoms with Crippen LogP contribution in [-0.2, 0) is 14.3 Å². The predicted molar refractivity (Wildman–Crippen MR) is 125 cm³/mol. The first-order valence-electron chi connectivity index (χ1n) is 10.8. The van der Waals surface area contributed by atoms with Crippen LogP contribution in [0.25, 0.3) is 0 Å². The molecule has 34 heavy (non-hydrogen) atoms. The maximum Gasteiger partial charge on any atom is 0.344 e. The van der Waals surface area contributed by atoms with Gasteiger partial charge in [-0.3, -0.25) is 14.4 Å². The van der Waals surface area contributed by atoms with Crippen molar-refractivity contribution in [3.05, 3.63) is 94.0 Å². The second-order valence-corrected chi connectivity index (χ2v) is 8.14. The number of carbonyl (C=O) groups excluding carboxylic acids is 4. The number of amides is 1. The molecule has 0 spiro atoms. The van der Waals surface area contributed by atoms with Crippen molar-refractivity contribution in [3.63, 3.8) is 0 Å². The van der Waals surface area contributed by atoms with Crippen molar-refractivity contribution in [2.24, 2.45) is 0 Å². The molecule has 7 nitrogen and oxygen atoms in total. The lowest BCUT2D eigenvalue weighted by molar-refractivity contribution is -0.155. The van der Waals surface area contributed by atoms with Gasteiger partial charge < -0.3 is 14.8 Å². The van der Waals surface area contributed by atoms with Gasteiger partial charge in [0, 0.05) is 27.9 Å². The molecule has 0 aromatic heterocycles. The molecule has 1 amide bonds. The molecule has 0 fully saturated rings. The highest BCUT2D eigenvalue weighted by Crippen LogP contribution is 2.29. The maximum atomic E-state index is 12.9. The number of aryl methyl sites for hydroxylation is 2. The number of ketones is 2. The largest absolute Gasteiger partial charge is 0.482 e. The maximum absolute atomic E-state index is 12.9. The second kappa shape index (κ2) is 9.31. The van der Waals surface area contributed by atoms with E-state index in [-0.39, 0.29) is 29.3 Å². The molecule has 3 aromatic rings. The summed E-state index contributed by atoms with van der Waals surface area (Å²) in [7, 11) is 0. The van der Waals surface area contributed by atoms with Gasteiger partial charge in [0.1, 0.15) is 5.75 Å². The molecule has 0 radical (unpaired) electrons. The molecule has 1 N–H and O–H groups in total. The van der Waals surface area contributed by atoms with Gasteiger partial charge in [-0.1, -0.05) is 36.4 Å². The monoisotopic (exact) mass is 457 g/mol. The predicted octanol–water partition coefficient (Wildman–Crippen LogP) is 4.03. The lowest BCUT2D eigenvalue weighted by Gasteiger charge is -2.19. The summed E-state index contributed by atoms with van der Waals surface area (Å²) in [6.45, 7) is 4.89. The zero-order valence-corrected chi connectivity index (χ0v) is 19.0. The van der Waals surface area contributed by atoms with Crippen molar-refractivity contribution in [2.75, 3.05) is 11.9 Å². The molecule has 0 saturated heterocycles. The lowest BCUT2D eigenvalue weighted by Crippen LogP contribution is -2.32. The Hall–Kier alpha value is -4.26. The molecule has 1 atom stereocenters. The average molecular weight is 457 g/mol. The molecular weight excluding hydrogens is 434 g/mol. The number of nitrogens with one attached hydrogen (secondary N) is 1. The van der Waals surface area contributed by atoms with Crippen LogP contribution in [-0.4, -0.2) is 36.2 Å². The highest BCUT2D eigenvalue weighted by Gasteiger charge is 2.29. The third kappa shape index (κ3) is 4.59. The number of hydrogen-bond donors (Lipinski definition) is 1. The Morgan fingerprint density at radius 1 is 0.853 bits per heavy atom. The Morgan fingerprint density at radius 2 is 1.50 bits per heavy atom. The number of benzene rings is 3. The Morgan fingerprint density at radius 3 is 2.21 bits per heavy atom. The molecule has 0 heterocycles. The molecule has 0 aliphatic heterocycles. The SMILES string of the molecule is Cc1ccc(C)c(OCC(=O)OC(C)C(=O)Nc2ccc3c(c2)C(=O)c2ccccc2C3=O)c1. The fourth-order valence-corrected chi connectivity index (χ4v) is 3.71. The van der Waals surface area contributed by atoms with E-state index < -0.39 is 18.0 Å². The van der Waals surface area contributed by atoms with Gasteiger partial charge in [-0.25, -0.2) is 4.79 Å². The number of ether oxygens (including phenoxy) is 2. The van der Waals surface area contributed by atoms with Crippen molar-refractivity contribution < 1.29 is 28.7 Å². The first kappa shape index (κ1) is 22.9. The first-order chi connectivity index (χ1) is 16.2. The third-order valence-electron chi connectivity index (χ3n) is 5.56. The number of fused-ring (bicyclic) bond motifs is 2. The number of esters is 1. The van der Waals surface area contributed by atoms with Crippen LogP contribution in [0.15, 0.2) is 60.7 Å². The van der Waals surface area contributed by atoms with Crippen LogP contribution in [0.3, 0.4) is 0 Å². The summed E-state index contributed by atoms with van der Waals surface area (Å²) in [5.74, 6) is -1.22. The normalized spacial score (nSPS) is 12.9. The zero-order chi connectivity index (χ0) is 24.4. The van der Waals surface area contributed by atoms with Crippen LogP contribution in [0.5, 0.6) is 5.75 Å². The van der Waals surface area contributed by atoms with Crippen LogP contribution >= 0.6 is 0 Å². The highest BCUT2D eigenvalue weighted by atomic mass is 16.6. The summed E-state index contributed by atoms with van der Waals surface area (Å²) >= 11 is 0. The van der Waals surface area contributed by atoms with Gasteiger partial charge in [0.15, 0.2) is 24.3 Å². The quantitative estimate of drug-likeness (QED) is 0.439. The molecule has 3 aromatic carbocycles. The summed E-state index contributed by atoms with van der Waals surface area (Å²) < 4.78 is 10.7. The molecule has 172 valence electrons. The summed E-state index contributed by atoms with van der Waals surface area (Å²) in [4.78, 5) is 50.3. The van der Waals surface area contributed by atoms with Crippen molar-refractivity contribution in [1.29, 1.82) is 0 Å². The van der Waals surface area contributed by atoms with E-state index in [0.717, 1.165) is 11.1 Å². The number of carbonyl (C=O) groups is 4. The van der Waals surface area contributed by atoms with Crippen molar-refractivity contribution in [2.45, 2.75) is 26.9 Å².